The first-order valence-corrected chi connectivity index (χ1v) is 7.28. The third-order valence-corrected chi connectivity index (χ3v) is 4.61. The van der Waals surface area contributed by atoms with Gasteiger partial charge >= 0.3 is 0 Å². The van der Waals surface area contributed by atoms with Crippen LogP contribution in [0.1, 0.15) is 13.3 Å². The Kier molecular flexibility index (Phi) is 3.03. The van der Waals surface area contributed by atoms with Crippen LogP contribution in [0.4, 0.5) is 5.69 Å². The summed E-state index contributed by atoms with van der Waals surface area (Å²) in [7, 11) is 2.06. The summed E-state index contributed by atoms with van der Waals surface area (Å²) >= 11 is 1.61. The van der Waals surface area contributed by atoms with Crippen molar-refractivity contribution in [3.8, 4) is 0 Å². The molecule has 3 rings (SSSR count). The van der Waals surface area contributed by atoms with Crippen LogP contribution in [-0.2, 0) is 4.79 Å². The van der Waals surface area contributed by atoms with Crippen LogP contribution >= 0.6 is 11.3 Å². The van der Waals surface area contributed by atoms with E-state index in [0.29, 0.717) is 0 Å². The Bertz CT molecular complexity index is 624. The molecule has 5 heteroatoms. The molecule has 1 fully saturated rings. The predicted molar refractivity (Wildman–Crippen MR) is 78.5 cm³/mol. The summed E-state index contributed by atoms with van der Waals surface area (Å²) in [6.45, 7) is 3.83. The minimum atomic E-state index is -0.286. The number of likely N-dealkylation sites (tertiary alicyclic amines) is 1. The van der Waals surface area contributed by atoms with E-state index in [0.717, 1.165) is 35.4 Å². The molecule has 0 radical (unpaired) electrons. The number of nitrogens with one attached hydrogen (secondary N) is 1. The summed E-state index contributed by atoms with van der Waals surface area (Å²) in [6, 6.07) is 5.89. The number of aromatic nitrogens is 1. The van der Waals surface area contributed by atoms with Gasteiger partial charge in [-0.25, -0.2) is 4.98 Å². The first kappa shape index (κ1) is 12.6. The number of amides is 1. The summed E-state index contributed by atoms with van der Waals surface area (Å²) in [6.07, 6.45) is 0.911. The topological polar surface area (TPSA) is 45.2 Å². The Morgan fingerprint density at radius 3 is 3.11 bits per heavy atom. The smallest absolute Gasteiger partial charge is 0.231 e. The van der Waals surface area contributed by atoms with Crippen LogP contribution in [0.3, 0.4) is 0 Å². The van der Waals surface area contributed by atoms with E-state index in [1.54, 1.807) is 11.3 Å². The average molecular weight is 275 g/mol. The lowest BCUT2D eigenvalue weighted by molar-refractivity contribution is -0.124. The number of thiazole rings is 1. The fourth-order valence-electron chi connectivity index (χ4n) is 2.59. The van der Waals surface area contributed by atoms with Crippen molar-refractivity contribution < 1.29 is 4.79 Å². The lowest BCUT2D eigenvalue weighted by atomic mass is 9.88. The number of nitrogens with zero attached hydrogens (tertiary/aromatic N) is 2. The number of benzene rings is 1. The highest BCUT2D eigenvalue weighted by molar-refractivity contribution is 7.16. The Hall–Kier alpha value is -1.46. The average Bonchev–Trinajstić information content (AvgIpc) is 2.96. The van der Waals surface area contributed by atoms with Crippen LogP contribution < -0.4 is 5.32 Å². The van der Waals surface area contributed by atoms with Gasteiger partial charge < -0.3 is 10.2 Å². The van der Waals surface area contributed by atoms with E-state index in [1.807, 2.05) is 30.6 Å². The van der Waals surface area contributed by atoms with Gasteiger partial charge in [0.2, 0.25) is 5.91 Å². The number of hydrogen-bond acceptors (Lipinski definition) is 4. The Morgan fingerprint density at radius 2 is 2.37 bits per heavy atom. The van der Waals surface area contributed by atoms with E-state index in [2.05, 4.69) is 22.2 Å². The lowest BCUT2D eigenvalue weighted by Gasteiger charge is -2.22. The molecular weight excluding hydrogens is 258 g/mol. The lowest BCUT2D eigenvalue weighted by Crippen LogP contribution is -2.35. The SMILES string of the molecule is CN1CCC(C)(C(=O)Nc2ccc3scnc3c2)C1. The number of carbonyl (C=O) groups excluding carboxylic acids is 1. The normalized spacial score (nSPS) is 23.9. The van der Waals surface area contributed by atoms with E-state index in [1.165, 1.54) is 0 Å². The molecule has 2 heterocycles. The van der Waals surface area contributed by atoms with Crippen LogP contribution in [0.25, 0.3) is 10.2 Å². The second kappa shape index (κ2) is 4.58. The van der Waals surface area contributed by atoms with Crippen molar-refractivity contribution in [1.29, 1.82) is 0 Å². The van der Waals surface area contributed by atoms with Crippen LogP contribution in [0, 0.1) is 5.41 Å². The molecule has 1 unspecified atom stereocenters. The van der Waals surface area contributed by atoms with Crippen molar-refractivity contribution in [2.75, 3.05) is 25.5 Å². The molecule has 19 heavy (non-hydrogen) atoms. The van der Waals surface area contributed by atoms with E-state index >= 15 is 0 Å². The molecular formula is C14H17N3OS. The molecule has 4 nitrogen and oxygen atoms in total. The molecule has 0 aliphatic carbocycles. The van der Waals surface area contributed by atoms with Crippen molar-refractivity contribution >= 4 is 33.1 Å². The van der Waals surface area contributed by atoms with Crippen LogP contribution in [0.2, 0.25) is 0 Å². The molecule has 0 saturated carbocycles. The summed E-state index contributed by atoms with van der Waals surface area (Å²) in [5.41, 5.74) is 3.31. The standard InChI is InChI=1S/C14H17N3OS/c1-14(5-6-17(2)8-14)13(18)16-10-3-4-12-11(7-10)15-9-19-12/h3-4,7,9H,5-6,8H2,1-2H3,(H,16,18). The molecule has 1 atom stereocenters. The molecule has 1 N–H and O–H groups in total. The largest absolute Gasteiger partial charge is 0.325 e. The van der Waals surface area contributed by atoms with E-state index in [4.69, 9.17) is 0 Å². The fraction of sp³-hybridized carbons (Fsp3) is 0.429. The molecule has 1 amide bonds. The van der Waals surface area contributed by atoms with Gasteiger partial charge in [-0.2, -0.15) is 0 Å². The number of anilines is 1. The summed E-state index contributed by atoms with van der Waals surface area (Å²) in [5.74, 6) is 0.103. The quantitative estimate of drug-likeness (QED) is 0.916. The number of hydrogen-bond donors (Lipinski definition) is 1. The fourth-order valence-corrected chi connectivity index (χ4v) is 3.25. The maximum atomic E-state index is 12.4. The molecule has 1 aliphatic heterocycles. The molecule has 2 aromatic rings. The number of fused-ring (bicyclic) bond motifs is 1. The maximum absolute atomic E-state index is 12.4. The summed E-state index contributed by atoms with van der Waals surface area (Å²) in [5, 5.41) is 3.03. The van der Waals surface area contributed by atoms with Gasteiger partial charge in [0.1, 0.15) is 0 Å². The van der Waals surface area contributed by atoms with E-state index in [-0.39, 0.29) is 11.3 Å². The minimum absolute atomic E-state index is 0.103. The summed E-state index contributed by atoms with van der Waals surface area (Å²) < 4.78 is 1.14. The molecule has 0 bridgehead atoms. The zero-order valence-electron chi connectivity index (χ0n) is 11.1. The zero-order valence-corrected chi connectivity index (χ0v) is 12.0. The third-order valence-electron chi connectivity index (χ3n) is 3.80. The number of carbonyl (C=O) groups is 1. The molecule has 1 aliphatic rings. The van der Waals surface area contributed by atoms with Crippen molar-refractivity contribution in [2.45, 2.75) is 13.3 Å². The first-order valence-electron chi connectivity index (χ1n) is 6.40. The van der Waals surface area contributed by atoms with E-state index < -0.39 is 0 Å². The second-order valence-electron chi connectivity index (χ2n) is 5.54. The van der Waals surface area contributed by atoms with Gasteiger partial charge in [-0.15, -0.1) is 11.3 Å². The van der Waals surface area contributed by atoms with Gasteiger partial charge in [0.25, 0.3) is 0 Å². The van der Waals surface area contributed by atoms with Gasteiger partial charge in [-0.3, -0.25) is 4.79 Å². The van der Waals surface area contributed by atoms with Crippen LogP contribution in [-0.4, -0.2) is 35.9 Å². The minimum Gasteiger partial charge on any atom is -0.325 e. The third kappa shape index (κ3) is 2.35. The Labute approximate surface area is 116 Å². The van der Waals surface area contributed by atoms with Gasteiger partial charge in [0.05, 0.1) is 21.1 Å². The summed E-state index contributed by atoms with van der Waals surface area (Å²) in [4.78, 5) is 18.9. The van der Waals surface area contributed by atoms with Crippen molar-refractivity contribution in [2.24, 2.45) is 5.41 Å². The Balaban J connectivity index is 1.78. The molecule has 0 spiro atoms. The molecule has 1 saturated heterocycles. The zero-order chi connectivity index (χ0) is 13.5. The second-order valence-corrected chi connectivity index (χ2v) is 6.42. The number of rotatable bonds is 2. The highest BCUT2D eigenvalue weighted by Crippen LogP contribution is 2.31. The first-order chi connectivity index (χ1) is 9.07. The van der Waals surface area contributed by atoms with Gasteiger partial charge in [-0.1, -0.05) is 0 Å². The monoisotopic (exact) mass is 275 g/mol. The van der Waals surface area contributed by atoms with Gasteiger partial charge in [-0.05, 0) is 45.1 Å². The Morgan fingerprint density at radius 1 is 1.53 bits per heavy atom. The molecule has 100 valence electrons. The molecule has 1 aromatic carbocycles. The van der Waals surface area contributed by atoms with Gasteiger partial charge in [0, 0.05) is 12.2 Å². The highest BCUT2D eigenvalue weighted by Gasteiger charge is 2.38. The van der Waals surface area contributed by atoms with Crippen molar-refractivity contribution in [1.82, 2.24) is 9.88 Å². The highest BCUT2D eigenvalue weighted by atomic mass is 32.1. The van der Waals surface area contributed by atoms with Crippen molar-refractivity contribution in [3.63, 3.8) is 0 Å². The maximum Gasteiger partial charge on any atom is 0.231 e. The molecule has 1 aromatic heterocycles. The van der Waals surface area contributed by atoms with Crippen molar-refractivity contribution in [3.05, 3.63) is 23.7 Å². The predicted octanol–water partition coefficient (Wildman–Crippen LogP) is 2.58. The van der Waals surface area contributed by atoms with E-state index in [9.17, 15) is 4.79 Å². The van der Waals surface area contributed by atoms with Crippen LogP contribution in [0.15, 0.2) is 23.7 Å². The van der Waals surface area contributed by atoms with Gasteiger partial charge in [0.15, 0.2) is 0 Å². The van der Waals surface area contributed by atoms with Crippen LogP contribution in [0.5, 0.6) is 0 Å².